The summed E-state index contributed by atoms with van der Waals surface area (Å²) >= 11 is 0. The third-order valence-corrected chi connectivity index (χ3v) is 2.28. The Bertz CT molecular complexity index is 130. The van der Waals surface area contributed by atoms with Crippen molar-refractivity contribution < 1.29 is 9.90 Å². The molecule has 11 heavy (non-hydrogen) atoms. The lowest BCUT2D eigenvalue weighted by Gasteiger charge is -2.17. The van der Waals surface area contributed by atoms with Gasteiger partial charge in [0.05, 0.1) is 5.92 Å². The number of carbonyl (C=O) groups is 1. The van der Waals surface area contributed by atoms with Crippen LogP contribution >= 0.6 is 0 Å². The Hall–Kier alpha value is -0.530. The Kier molecular flexibility index (Phi) is 4.16. The topological polar surface area (TPSA) is 37.3 Å². The molecule has 0 saturated carbocycles. The molecule has 0 heterocycles. The van der Waals surface area contributed by atoms with Crippen molar-refractivity contribution in [1.29, 1.82) is 0 Å². The van der Waals surface area contributed by atoms with E-state index >= 15 is 0 Å². The van der Waals surface area contributed by atoms with Gasteiger partial charge in [-0.15, -0.1) is 0 Å². The van der Waals surface area contributed by atoms with E-state index in [0.29, 0.717) is 11.8 Å². The lowest BCUT2D eigenvalue weighted by molar-refractivity contribution is -0.141. The highest BCUT2D eigenvalue weighted by molar-refractivity contribution is 5.69. The van der Waals surface area contributed by atoms with Crippen LogP contribution in [0, 0.1) is 17.8 Å². The first-order chi connectivity index (χ1) is 4.95. The van der Waals surface area contributed by atoms with E-state index in [4.69, 9.17) is 5.11 Å². The second kappa shape index (κ2) is 4.37. The Labute approximate surface area is 68.6 Å². The van der Waals surface area contributed by atoms with Crippen molar-refractivity contribution in [1.82, 2.24) is 0 Å². The van der Waals surface area contributed by atoms with Gasteiger partial charge in [-0.05, 0) is 18.3 Å². The third kappa shape index (κ3) is 4.02. The van der Waals surface area contributed by atoms with Crippen molar-refractivity contribution >= 4 is 5.97 Å². The quantitative estimate of drug-likeness (QED) is 0.682. The molecule has 2 heteroatoms. The molecular weight excluding hydrogens is 140 g/mol. The first kappa shape index (κ1) is 10.5. The number of carboxylic acids is 1. The minimum Gasteiger partial charge on any atom is -0.481 e. The summed E-state index contributed by atoms with van der Waals surface area (Å²) in [6.45, 7) is 8.11. The predicted molar refractivity (Wildman–Crippen MR) is 45.4 cm³/mol. The molecule has 0 spiro atoms. The molecule has 0 saturated heterocycles. The molecule has 0 amide bonds. The Balaban J connectivity index is 3.75. The fourth-order valence-electron chi connectivity index (χ4n) is 0.931. The first-order valence-electron chi connectivity index (χ1n) is 4.18. The maximum atomic E-state index is 10.5. The second-order valence-corrected chi connectivity index (χ2v) is 3.70. The SMILES string of the molecule is CC(C)[C@@H](C)C[C@H](C)C(=O)O. The summed E-state index contributed by atoms with van der Waals surface area (Å²) in [5, 5.41) is 8.61. The van der Waals surface area contributed by atoms with Gasteiger partial charge in [0.2, 0.25) is 0 Å². The van der Waals surface area contributed by atoms with Gasteiger partial charge in [0.1, 0.15) is 0 Å². The van der Waals surface area contributed by atoms with Crippen molar-refractivity contribution in [3.63, 3.8) is 0 Å². The zero-order valence-electron chi connectivity index (χ0n) is 7.79. The van der Waals surface area contributed by atoms with Crippen molar-refractivity contribution in [2.45, 2.75) is 34.1 Å². The van der Waals surface area contributed by atoms with Crippen LogP contribution in [0.2, 0.25) is 0 Å². The minimum absolute atomic E-state index is 0.201. The summed E-state index contributed by atoms with van der Waals surface area (Å²) in [7, 11) is 0. The number of rotatable bonds is 4. The average Bonchev–Trinajstić information content (AvgIpc) is 1.87. The van der Waals surface area contributed by atoms with Crippen LogP contribution in [0.25, 0.3) is 0 Å². The fraction of sp³-hybridized carbons (Fsp3) is 0.889. The Morgan fingerprint density at radius 3 is 2.00 bits per heavy atom. The molecule has 0 aromatic heterocycles. The van der Waals surface area contributed by atoms with Gasteiger partial charge in [0.25, 0.3) is 0 Å². The summed E-state index contributed by atoms with van der Waals surface area (Å²) in [5.41, 5.74) is 0. The lowest BCUT2D eigenvalue weighted by Crippen LogP contribution is -2.15. The number of carboxylic acid groups (broad SMARTS) is 1. The molecule has 0 aliphatic rings. The molecule has 0 rings (SSSR count). The fourth-order valence-corrected chi connectivity index (χ4v) is 0.931. The molecule has 2 nitrogen and oxygen atoms in total. The van der Waals surface area contributed by atoms with Gasteiger partial charge in [0, 0.05) is 0 Å². The maximum absolute atomic E-state index is 10.5. The standard InChI is InChI=1S/C9H18O2/c1-6(2)7(3)5-8(4)9(10)11/h6-8H,5H2,1-4H3,(H,10,11)/t7-,8-/m0/s1. The molecule has 0 bridgehead atoms. The molecule has 0 radical (unpaired) electrons. The largest absolute Gasteiger partial charge is 0.481 e. The summed E-state index contributed by atoms with van der Waals surface area (Å²) in [5.74, 6) is 0.197. The van der Waals surface area contributed by atoms with Crippen LogP contribution in [0.4, 0.5) is 0 Å². The van der Waals surface area contributed by atoms with Crippen molar-refractivity contribution in [3.8, 4) is 0 Å². The van der Waals surface area contributed by atoms with Crippen LogP contribution in [0.3, 0.4) is 0 Å². The molecule has 0 aromatic carbocycles. The van der Waals surface area contributed by atoms with E-state index in [0.717, 1.165) is 6.42 Å². The van der Waals surface area contributed by atoms with Crippen LogP contribution in [0.1, 0.15) is 34.1 Å². The van der Waals surface area contributed by atoms with Gasteiger partial charge in [-0.3, -0.25) is 4.79 Å². The number of aliphatic carboxylic acids is 1. The lowest BCUT2D eigenvalue weighted by atomic mass is 9.89. The van der Waals surface area contributed by atoms with Gasteiger partial charge in [0.15, 0.2) is 0 Å². The highest BCUT2D eigenvalue weighted by Gasteiger charge is 2.16. The molecular formula is C9H18O2. The summed E-state index contributed by atoms with van der Waals surface area (Å²) in [6.07, 6.45) is 0.785. The highest BCUT2D eigenvalue weighted by atomic mass is 16.4. The zero-order chi connectivity index (χ0) is 9.02. The predicted octanol–water partition coefficient (Wildman–Crippen LogP) is 2.39. The van der Waals surface area contributed by atoms with Crippen molar-refractivity contribution in [2.24, 2.45) is 17.8 Å². The Morgan fingerprint density at radius 1 is 1.27 bits per heavy atom. The van der Waals surface area contributed by atoms with Gasteiger partial charge in [-0.1, -0.05) is 27.7 Å². The van der Waals surface area contributed by atoms with E-state index in [1.165, 1.54) is 0 Å². The molecule has 0 fully saturated rings. The van der Waals surface area contributed by atoms with E-state index < -0.39 is 5.97 Å². The van der Waals surface area contributed by atoms with Crippen LogP contribution in [0.15, 0.2) is 0 Å². The van der Waals surface area contributed by atoms with Gasteiger partial charge < -0.3 is 5.11 Å². The smallest absolute Gasteiger partial charge is 0.306 e. The molecule has 2 atom stereocenters. The minimum atomic E-state index is -0.683. The van der Waals surface area contributed by atoms with Gasteiger partial charge >= 0.3 is 5.97 Å². The van der Waals surface area contributed by atoms with Crippen molar-refractivity contribution in [2.75, 3.05) is 0 Å². The summed E-state index contributed by atoms with van der Waals surface area (Å²) in [6, 6.07) is 0. The normalized spacial score (nSPS) is 16.5. The summed E-state index contributed by atoms with van der Waals surface area (Å²) < 4.78 is 0. The van der Waals surface area contributed by atoms with E-state index in [-0.39, 0.29) is 5.92 Å². The third-order valence-electron chi connectivity index (χ3n) is 2.28. The van der Waals surface area contributed by atoms with Crippen LogP contribution in [-0.4, -0.2) is 11.1 Å². The van der Waals surface area contributed by atoms with E-state index in [1.807, 2.05) is 0 Å². The molecule has 1 N–H and O–H groups in total. The van der Waals surface area contributed by atoms with Crippen LogP contribution in [0.5, 0.6) is 0 Å². The number of hydrogen-bond acceptors (Lipinski definition) is 1. The van der Waals surface area contributed by atoms with E-state index in [9.17, 15) is 4.79 Å². The van der Waals surface area contributed by atoms with Crippen molar-refractivity contribution in [3.05, 3.63) is 0 Å². The van der Waals surface area contributed by atoms with Crippen LogP contribution < -0.4 is 0 Å². The molecule has 66 valence electrons. The van der Waals surface area contributed by atoms with Gasteiger partial charge in [-0.2, -0.15) is 0 Å². The zero-order valence-corrected chi connectivity index (χ0v) is 7.79. The maximum Gasteiger partial charge on any atom is 0.306 e. The molecule has 0 aliphatic carbocycles. The Morgan fingerprint density at radius 2 is 1.73 bits per heavy atom. The summed E-state index contributed by atoms with van der Waals surface area (Å²) in [4.78, 5) is 10.5. The molecule has 0 aliphatic heterocycles. The first-order valence-corrected chi connectivity index (χ1v) is 4.18. The highest BCUT2D eigenvalue weighted by Crippen LogP contribution is 2.19. The number of hydrogen-bond donors (Lipinski definition) is 1. The average molecular weight is 158 g/mol. The molecule has 0 unspecified atom stereocenters. The van der Waals surface area contributed by atoms with E-state index in [1.54, 1.807) is 6.92 Å². The monoisotopic (exact) mass is 158 g/mol. The van der Waals surface area contributed by atoms with E-state index in [2.05, 4.69) is 20.8 Å². The molecule has 0 aromatic rings. The second-order valence-electron chi connectivity index (χ2n) is 3.70. The van der Waals surface area contributed by atoms with Gasteiger partial charge in [-0.25, -0.2) is 0 Å². The van der Waals surface area contributed by atoms with Crippen LogP contribution in [-0.2, 0) is 4.79 Å².